The molecule has 0 aromatic carbocycles. The third kappa shape index (κ3) is 6.85. The lowest BCUT2D eigenvalue weighted by Crippen LogP contribution is -2.25. The molecular formula is C11H21NO3S. The van der Waals surface area contributed by atoms with E-state index in [1.165, 1.54) is 0 Å². The van der Waals surface area contributed by atoms with Crippen LogP contribution in [0.2, 0.25) is 0 Å². The van der Waals surface area contributed by atoms with Crippen molar-refractivity contribution in [1.29, 1.82) is 0 Å². The molecule has 0 aromatic heterocycles. The van der Waals surface area contributed by atoms with Gasteiger partial charge in [-0.1, -0.05) is 11.3 Å². The van der Waals surface area contributed by atoms with Crippen LogP contribution < -0.4 is 0 Å². The zero-order valence-corrected chi connectivity index (χ0v) is 11.2. The first-order valence-corrected chi connectivity index (χ1v) is 6.53. The lowest BCUT2D eigenvalue weighted by molar-refractivity contribution is -0.141. The Morgan fingerprint density at radius 2 is 2.12 bits per heavy atom. The standard InChI is InChI=1S/C11H21NO3S/c1-9(10(13)14)7-5-6-8-12-16(15)11(2,3)4/h8-9H,5-7H2,1-4H3,(H,13,14). The molecule has 0 heterocycles. The number of carboxylic acids is 1. The number of carboxylic acid groups (broad SMARTS) is 1. The Bertz CT molecular complexity index is 248. The van der Waals surface area contributed by atoms with E-state index in [1.807, 2.05) is 20.8 Å². The minimum atomic E-state index is -1.21. The molecule has 0 bridgehead atoms. The molecule has 0 spiro atoms. The Hall–Kier alpha value is -0.550. The summed E-state index contributed by atoms with van der Waals surface area (Å²) in [5.74, 6) is -1.09. The summed E-state index contributed by atoms with van der Waals surface area (Å²) in [5, 5.41) is 8.65. The van der Waals surface area contributed by atoms with Crippen molar-refractivity contribution in [2.24, 2.45) is 10.3 Å². The largest absolute Gasteiger partial charge is 0.591 e. The summed E-state index contributed by atoms with van der Waals surface area (Å²) < 4.78 is 15.1. The van der Waals surface area contributed by atoms with Gasteiger partial charge in [0.25, 0.3) is 0 Å². The third-order valence-corrected chi connectivity index (χ3v) is 3.47. The predicted octanol–water partition coefficient (Wildman–Crippen LogP) is 2.41. The van der Waals surface area contributed by atoms with E-state index < -0.39 is 17.3 Å². The second-order valence-electron chi connectivity index (χ2n) is 4.82. The smallest absolute Gasteiger partial charge is 0.306 e. The van der Waals surface area contributed by atoms with Crippen LogP contribution in [-0.2, 0) is 16.2 Å². The topological polar surface area (TPSA) is 72.7 Å². The number of carbonyl (C=O) groups is 1. The molecule has 0 radical (unpaired) electrons. The molecule has 94 valence electrons. The lowest BCUT2D eigenvalue weighted by Gasteiger charge is -2.17. The molecule has 5 heteroatoms. The Morgan fingerprint density at radius 3 is 2.56 bits per heavy atom. The molecule has 0 saturated heterocycles. The van der Waals surface area contributed by atoms with E-state index >= 15 is 0 Å². The zero-order valence-electron chi connectivity index (χ0n) is 10.4. The van der Waals surface area contributed by atoms with Crippen molar-refractivity contribution in [3.63, 3.8) is 0 Å². The average Bonchev–Trinajstić information content (AvgIpc) is 2.14. The van der Waals surface area contributed by atoms with Crippen LogP contribution in [0.5, 0.6) is 0 Å². The molecular weight excluding hydrogens is 226 g/mol. The molecule has 0 rings (SSSR count). The Balaban J connectivity index is 3.75. The van der Waals surface area contributed by atoms with E-state index in [1.54, 1.807) is 13.1 Å². The molecule has 0 fully saturated rings. The molecule has 16 heavy (non-hydrogen) atoms. The zero-order chi connectivity index (χ0) is 12.8. The molecule has 0 saturated carbocycles. The van der Waals surface area contributed by atoms with E-state index in [0.29, 0.717) is 12.8 Å². The van der Waals surface area contributed by atoms with Crippen LogP contribution in [0.15, 0.2) is 4.40 Å². The fourth-order valence-corrected chi connectivity index (χ4v) is 1.47. The monoisotopic (exact) mass is 247 g/mol. The van der Waals surface area contributed by atoms with Crippen LogP contribution >= 0.6 is 0 Å². The fraction of sp³-hybridized carbons (Fsp3) is 0.818. The number of nitrogens with zero attached hydrogens (tertiary/aromatic N) is 1. The summed E-state index contributed by atoms with van der Waals surface area (Å²) in [4.78, 5) is 10.5. The van der Waals surface area contributed by atoms with Gasteiger partial charge in [0.05, 0.1) is 12.1 Å². The summed E-state index contributed by atoms with van der Waals surface area (Å²) in [6, 6.07) is 0. The normalized spacial score (nSPS) is 16.3. The van der Waals surface area contributed by atoms with Gasteiger partial charge in [0, 0.05) is 0 Å². The first-order valence-electron chi connectivity index (χ1n) is 5.42. The van der Waals surface area contributed by atoms with Crippen LogP contribution in [-0.4, -0.2) is 26.6 Å². The maximum atomic E-state index is 11.5. The number of hydrogen-bond donors (Lipinski definition) is 1. The van der Waals surface area contributed by atoms with Crippen molar-refractivity contribution in [2.45, 2.75) is 51.7 Å². The third-order valence-electron chi connectivity index (χ3n) is 2.09. The number of aliphatic carboxylic acids is 1. The second-order valence-corrected chi connectivity index (χ2v) is 6.75. The van der Waals surface area contributed by atoms with Gasteiger partial charge in [-0.3, -0.25) is 4.79 Å². The molecule has 0 amide bonds. The molecule has 4 nitrogen and oxygen atoms in total. The average molecular weight is 247 g/mol. The van der Waals surface area contributed by atoms with Gasteiger partial charge in [-0.15, -0.1) is 0 Å². The van der Waals surface area contributed by atoms with Crippen molar-refractivity contribution >= 4 is 23.5 Å². The van der Waals surface area contributed by atoms with Gasteiger partial charge in [-0.2, -0.15) is 0 Å². The number of unbranched alkanes of at least 4 members (excludes halogenated alkanes) is 1. The maximum absolute atomic E-state index is 11.5. The molecule has 0 aromatic rings. The van der Waals surface area contributed by atoms with Crippen molar-refractivity contribution in [3.05, 3.63) is 0 Å². The van der Waals surface area contributed by atoms with E-state index in [0.717, 1.165) is 6.42 Å². The Morgan fingerprint density at radius 1 is 1.56 bits per heavy atom. The van der Waals surface area contributed by atoms with Gasteiger partial charge in [0.2, 0.25) is 0 Å². The summed E-state index contributed by atoms with van der Waals surface area (Å²) in [6.45, 7) is 7.29. The summed E-state index contributed by atoms with van der Waals surface area (Å²) >= 11 is -1.21. The second kappa shape index (κ2) is 6.91. The van der Waals surface area contributed by atoms with Crippen molar-refractivity contribution in [3.8, 4) is 0 Å². The minimum Gasteiger partial charge on any atom is -0.591 e. The molecule has 2 atom stereocenters. The summed E-state index contributed by atoms with van der Waals surface area (Å²) in [6.07, 6.45) is 3.71. The van der Waals surface area contributed by atoms with E-state index in [-0.39, 0.29) is 10.7 Å². The highest BCUT2D eigenvalue weighted by atomic mass is 32.2. The lowest BCUT2D eigenvalue weighted by atomic mass is 10.1. The van der Waals surface area contributed by atoms with E-state index in [2.05, 4.69) is 4.40 Å². The van der Waals surface area contributed by atoms with Crippen molar-refractivity contribution < 1.29 is 14.5 Å². The molecule has 2 unspecified atom stereocenters. The highest BCUT2D eigenvalue weighted by Gasteiger charge is 2.25. The SMILES string of the molecule is CC(CCCC=N[S+]([O-])C(C)(C)C)C(=O)O. The van der Waals surface area contributed by atoms with Gasteiger partial charge in [-0.05, 0) is 40.0 Å². The Labute approximate surface area is 100 Å². The van der Waals surface area contributed by atoms with Gasteiger partial charge in [-0.25, -0.2) is 0 Å². The summed E-state index contributed by atoms with van der Waals surface area (Å²) in [5.41, 5.74) is 0. The van der Waals surface area contributed by atoms with Crippen LogP contribution in [0.1, 0.15) is 47.0 Å². The van der Waals surface area contributed by atoms with Crippen LogP contribution in [0.25, 0.3) is 0 Å². The van der Waals surface area contributed by atoms with Crippen molar-refractivity contribution in [2.75, 3.05) is 0 Å². The van der Waals surface area contributed by atoms with E-state index in [9.17, 15) is 9.35 Å². The first-order chi connectivity index (χ1) is 7.25. The predicted molar refractivity (Wildman–Crippen MR) is 67.0 cm³/mol. The fourth-order valence-electron chi connectivity index (χ4n) is 0.917. The molecule has 0 aliphatic carbocycles. The molecule has 0 aliphatic rings. The van der Waals surface area contributed by atoms with E-state index in [4.69, 9.17) is 5.11 Å². The van der Waals surface area contributed by atoms with Gasteiger partial charge in [0.1, 0.15) is 16.1 Å². The van der Waals surface area contributed by atoms with Gasteiger partial charge < -0.3 is 9.66 Å². The number of rotatable bonds is 6. The quantitative estimate of drug-likeness (QED) is 0.445. The molecule has 0 aliphatic heterocycles. The van der Waals surface area contributed by atoms with Crippen LogP contribution in [0, 0.1) is 5.92 Å². The first kappa shape index (κ1) is 15.4. The highest BCUT2D eigenvalue weighted by molar-refractivity contribution is 7.91. The summed E-state index contributed by atoms with van der Waals surface area (Å²) in [7, 11) is 0. The van der Waals surface area contributed by atoms with Gasteiger partial charge >= 0.3 is 5.97 Å². The molecule has 1 N–H and O–H groups in total. The van der Waals surface area contributed by atoms with Crippen molar-refractivity contribution in [1.82, 2.24) is 0 Å². The van der Waals surface area contributed by atoms with Gasteiger partial charge in [0.15, 0.2) is 0 Å². The minimum absolute atomic E-state index is 0.318. The highest BCUT2D eigenvalue weighted by Crippen LogP contribution is 2.16. The van der Waals surface area contributed by atoms with Crippen LogP contribution in [0.4, 0.5) is 0 Å². The Kier molecular flexibility index (Phi) is 6.67. The number of hydrogen-bond acceptors (Lipinski definition) is 3. The maximum Gasteiger partial charge on any atom is 0.306 e. The van der Waals surface area contributed by atoms with Crippen LogP contribution in [0.3, 0.4) is 0 Å².